The van der Waals surface area contributed by atoms with Gasteiger partial charge in [-0.25, -0.2) is 4.98 Å². The molecule has 0 aliphatic carbocycles. The van der Waals surface area contributed by atoms with Gasteiger partial charge in [-0.3, -0.25) is 4.68 Å². The van der Waals surface area contributed by atoms with Gasteiger partial charge >= 0.3 is 21.1 Å². The number of rotatable bonds is 9. The average molecular weight is 848 g/mol. The SMILES string of the molecule is CCSc1nn(-c2[c-]c(Oc3[c-]c4c(cc3)c3ccccc3n4-c3cc(C)ccn3)ccc2)c(SCC)c1-c1c(C)cc(C)cc1C.[Pt+2]. The number of para-hydroxylation sites is 1. The van der Waals surface area contributed by atoms with Crippen molar-refractivity contribution in [2.75, 3.05) is 11.5 Å². The van der Waals surface area contributed by atoms with Crippen molar-refractivity contribution in [3.8, 4) is 34.1 Å². The fraction of sp³-hybridized carbons (Fsp3) is 0.200. The molecule has 0 unspecified atom stereocenters. The maximum atomic E-state index is 6.48. The minimum atomic E-state index is 0. The molecule has 7 aromatic rings. The summed E-state index contributed by atoms with van der Waals surface area (Å²) in [4.78, 5) is 4.71. The van der Waals surface area contributed by atoms with Crippen molar-refractivity contribution in [1.82, 2.24) is 19.3 Å². The first-order valence-electron chi connectivity index (χ1n) is 15.9. The standard InChI is InChI=1S/C40H36N4OS2.Pt/c1-7-46-39-38(37-27(5)20-26(4)21-28(37)6)40(47-8-2)44(42-39)29-12-11-13-30(23-29)45-31-16-17-33-32-14-9-10-15-34(32)43(35(33)24-31)36-22-25(3)18-19-41-36;/h9-22H,7-8H2,1-6H3;/q-2;+2. The van der Waals surface area contributed by atoms with E-state index < -0.39 is 0 Å². The number of thioether (sulfide) groups is 2. The molecule has 8 heteroatoms. The smallest absolute Gasteiger partial charge is 0.509 e. The quantitative estimate of drug-likeness (QED) is 0.107. The second-order valence-corrected chi connectivity index (χ2v) is 14.2. The van der Waals surface area contributed by atoms with Gasteiger partial charge in [0.05, 0.1) is 0 Å². The molecule has 48 heavy (non-hydrogen) atoms. The summed E-state index contributed by atoms with van der Waals surface area (Å²) in [7, 11) is 0. The van der Waals surface area contributed by atoms with Gasteiger partial charge in [0.1, 0.15) is 15.9 Å². The molecule has 0 bridgehead atoms. The van der Waals surface area contributed by atoms with E-state index in [4.69, 9.17) is 14.8 Å². The number of ether oxygens (including phenoxy) is 1. The van der Waals surface area contributed by atoms with Crippen LogP contribution in [0.15, 0.2) is 95.1 Å². The van der Waals surface area contributed by atoms with E-state index in [2.05, 4.69) is 107 Å². The predicted octanol–water partition coefficient (Wildman–Crippen LogP) is 10.9. The van der Waals surface area contributed by atoms with Crippen molar-refractivity contribution in [1.29, 1.82) is 0 Å². The van der Waals surface area contributed by atoms with E-state index >= 15 is 0 Å². The van der Waals surface area contributed by atoms with Crippen LogP contribution < -0.4 is 4.74 Å². The molecular weight excluding hydrogens is 812 g/mol. The molecule has 0 saturated heterocycles. The second-order valence-electron chi connectivity index (χ2n) is 11.7. The predicted molar refractivity (Wildman–Crippen MR) is 197 cm³/mol. The zero-order valence-electron chi connectivity index (χ0n) is 27.8. The fourth-order valence-corrected chi connectivity index (χ4v) is 8.09. The zero-order chi connectivity index (χ0) is 32.7. The molecule has 0 aliphatic rings. The molecule has 0 saturated carbocycles. The topological polar surface area (TPSA) is 44.9 Å². The van der Waals surface area contributed by atoms with Crippen molar-refractivity contribution >= 4 is 45.3 Å². The summed E-state index contributed by atoms with van der Waals surface area (Å²) in [5.41, 5.74) is 10.3. The van der Waals surface area contributed by atoms with Gasteiger partial charge in [0.2, 0.25) is 0 Å². The number of pyridine rings is 1. The van der Waals surface area contributed by atoms with Gasteiger partial charge in [0.15, 0.2) is 0 Å². The molecule has 0 aliphatic heterocycles. The third-order valence-corrected chi connectivity index (χ3v) is 9.98. The van der Waals surface area contributed by atoms with Crippen LogP contribution >= 0.6 is 23.5 Å². The van der Waals surface area contributed by atoms with Crippen LogP contribution in [0.2, 0.25) is 0 Å². The van der Waals surface area contributed by atoms with Crippen LogP contribution in [-0.4, -0.2) is 30.8 Å². The Bertz CT molecular complexity index is 2250. The Morgan fingerprint density at radius 2 is 1.48 bits per heavy atom. The molecule has 3 heterocycles. The molecule has 0 spiro atoms. The number of benzene rings is 4. The monoisotopic (exact) mass is 847 g/mol. The van der Waals surface area contributed by atoms with Crippen molar-refractivity contribution in [2.45, 2.75) is 51.6 Å². The summed E-state index contributed by atoms with van der Waals surface area (Å²) in [5.74, 6) is 3.93. The number of aromatic nitrogens is 4. The Labute approximate surface area is 305 Å². The number of aryl methyl sites for hydroxylation is 4. The molecule has 4 aromatic carbocycles. The first kappa shape index (κ1) is 34.1. The fourth-order valence-electron chi connectivity index (χ4n) is 6.39. The molecule has 244 valence electrons. The Kier molecular flexibility index (Phi) is 10.2. The zero-order valence-corrected chi connectivity index (χ0v) is 31.7. The summed E-state index contributed by atoms with van der Waals surface area (Å²) >= 11 is 3.59. The minimum Gasteiger partial charge on any atom is -0.509 e. The van der Waals surface area contributed by atoms with Crippen molar-refractivity contribution in [3.63, 3.8) is 0 Å². The van der Waals surface area contributed by atoms with Gasteiger partial charge in [-0.1, -0.05) is 55.3 Å². The molecule has 0 atom stereocenters. The largest absolute Gasteiger partial charge is 2.00 e. The Balaban J connectivity index is 0.00000401. The minimum absolute atomic E-state index is 0. The third kappa shape index (κ3) is 6.36. The summed E-state index contributed by atoms with van der Waals surface area (Å²) in [5, 5.41) is 9.60. The number of fused-ring (bicyclic) bond motifs is 3. The van der Waals surface area contributed by atoms with E-state index in [1.165, 1.54) is 27.8 Å². The van der Waals surface area contributed by atoms with Crippen LogP contribution in [0.1, 0.15) is 36.1 Å². The van der Waals surface area contributed by atoms with E-state index in [9.17, 15) is 0 Å². The average Bonchev–Trinajstić information content (AvgIpc) is 3.56. The van der Waals surface area contributed by atoms with Gasteiger partial charge in [0, 0.05) is 28.8 Å². The summed E-state index contributed by atoms with van der Waals surface area (Å²) < 4.78 is 10.7. The molecule has 0 amide bonds. The summed E-state index contributed by atoms with van der Waals surface area (Å²) in [6, 6.07) is 34.2. The van der Waals surface area contributed by atoms with Crippen LogP contribution in [0.3, 0.4) is 0 Å². The van der Waals surface area contributed by atoms with Gasteiger partial charge < -0.3 is 9.30 Å². The van der Waals surface area contributed by atoms with Crippen molar-refractivity contribution < 1.29 is 25.8 Å². The molecular formula is C40H36N4OPtS2. The van der Waals surface area contributed by atoms with Crippen LogP contribution in [0.25, 0.3) is 44.4 Å². The van der Waals surface area contributed by atoms with E-state index in [-0.39, 0.29) is 21.1 Å². The number of nitrogens with zero attached hydrogens (tertiary/aromatic N) is 4. The summed E-state index contributed by atoms with van der Waals surface area (Å²) in [6.07, 6.45) is 1.85. The Morgan fingerprint density at radius 3 is 2.23 bits per heavy atom. The maximum Gasteiger partial charge on any atom is 2.00 e. The summed E-state index contributed by atoms with van der Waals surface area (Å²) in [6.45, 7) is 13.0. The Hall–Kier alpha value is -3.77. The van der Waals surface area contributed by atoms with E-state index in [1.807, 2.05) is 53.0 Å². The van der Waals surface area contributed by atoms with E-state index in [0.717, 1.165) is 60.4 Å². The molecule has 3 aromatic heterocycles. The van der Waals surface area contributed by atoms with Crippen LogP contribution in [0, 0.1) is 39.8 Å². The third-order valence-electron chi connectivity index (χ3n) is 8.19. The van der Waals surface area contributed by atoms with Gasteiger partial charge in [-0.15, -0.1) is 59.2 Å². The molecule has 0 N–H and O–H groups in total. The van der Waals surface area contributed by atoms with E-state index in [1.54, 1.807) is 11.8 Å². The van der Waals surface area contributed by atoms with Gasteiger partial charge in [-0.05, 0) is 90.7 Å². The molecule has 0 radical (unpaired) electrons. The number of hydrogen-bond acceptors (Lipinski definition) is 5. The van der Waals surface area contributed by atoms with Crippen molar-refractivity contribution in [3.05, 3.63) is 119 Å². The van der Waals surface area contributed by atoms with Crippen LogP contribution in [0.4, 0.5) is 0 Å². The second kappa shape index (κ2) is 14.4. The first-order chi connectivity index (χ1) is 22.9. The Morgan fingerprint density at radius 1 is 0.729 bits per heavy atom. The van der Waals surface area contributed by atoms with Crippen LogP contribution in [0.5, 0.6) is 11.5 Å². The van der Waals surface area contributed by atoms with Crippen molar-refractivity contribution in [2.24, 2.45) is 0 Å². The van der Waals surface area contributed by atoms with E-state index in [0.29, 0.717) is 11.5 Å². The normalized spacial score (nSPS) is 11.3. The molecule has 0 fully saturated rings. The maximum absolute atomic E-state index is 6.48. The van der Waals surface area contributed by atoms with Crippen LogP contribution in [-0.2, 0) is 21.1 Å². The molecule has 5 nitrogen and oxygen atoms in total. The number of hydrogen-bond donors (Lipinski definition) is 0. The first-order valence-corrected chi connectivity index (χ1v) is 17.9. The van der Waals surface area contributed by atoms with Gasteiger partial charge in [0.25, 0.3) is 0 Å². The van der Waals surface area contributed by atoms with Gasteiger partial charge in [-0.2, -0.15) is 17.2 Å². The molecule has 7 rings (SSSR count).